The third kappa shape index (κ3) is 4.18. The summed E-state index contributed by atoms with van der Waals surface area (Å²) < 4.78 is 36.2. The molecule has 0 radical (unpaired) electrons. The van der Waals surface area contributed by atoms with Gasteiger partial charge in [-0.05, 0) is 25.5 Å². The molecule has 1 N–H and O–H groups in total. The van der Waals surface area contributed by atoms with Crippen LogP contribution in [0.3, 0.4) is 0 Å². The molecule has 0 aliphatic carbocycles. The normalized spacial score (nSPS) is 22.3. The summed E-state index contributed by atoms with van der Waals surface area (Å²) in [6.07, 6.45) is 0.895. The van der Waals surface area contributed by atoms with E-state index in [1.165, 1.54) is 17.0 Å². The molecule has 2 heterocycles. The zero-order valence-electron chi connectivity index (χ0n) is 15.1. The van der Waals surface area contributed by atoms with E-state index in [0.29, 0.717) is 37.7 Å². The fourth-order valence-electron chi connectivity index (χ4n) is 3.18. The highest BCUT2D eigenvalue weighted by molar-refractivity contribution is 7.91. The summed E-state index contributed by atoms with van der Waals surface area (Å²) in [6.45, 7) is 2.99. The van der Waals surface area contributed by atoms with Gasteiger partial charge in [-0.2, -0.15) is 0 Å². The highest BCUT2D eigenvalue weighted by Gasteiger charge is 2.42. The molecular weight excluding hydrogens is 374 g/mol. The lowest BCUT2D eigenvalue weighted by Gasteiger charge is -2.20. The molecule has 1 unspecified atom stereocenters. The topological polar surface area (TPSA) is 110 Å². The van der Waals surface area contributed by atoms with E-state index < -0.39 is 21.2 Å². The van der Waals surface area contributed by atoms with Crippen molar-refractivity contribution in [3.8, 4) is 11.5 Å². The molecule has 1 atom stereocenters. The second-order valence-electron chi connectivity index (χ2n) is 7.16. The van der Waals surface area contributed by atoms with Gasteiger partial charge >= 0.3 is 5.97 Å². The highest BCUT2D eigenvalue weighted by atomic mass is 32.2. The summed E-state index contributed by atoms with van der Waals surface area (Å²) in [5.74, 6) is -0.745. The summed E-state index contributed by atoms with van der Waals surface area (Å²) in [4.78, 5) is 25.1. The number of likely N-dealkylation sites (tertiary alicyclic amines) is 1. The third-order valence-electron chi connectivity index (χ3n) is 5.01. The molecule has 0 spiro atoms. The van der Waals surface area contributed by atoms with Gasteiger partial charge in [0.25, 0.3) is 0 Å². The number of nitrogens with zero attached hydrogens (tertiary/aromatic N) is 1. The maximum Gasteiger partial charge on any atom is 0.311 e. The van der Waals surface area contributed by atoms with Crippen LogP contribution in [0.25, 0.3) is 0 Å². The van der Waals surface area contributed by atoms with Gasteiger partial charge in [-0.25, -0.2) is 8.42 Å². The van der Waals surface area contributed by atoms with Crippen molar-refractivity contribution in [2.75, 3.05) is 32.1 Å². The predicted molar refractivity (Wildman–Crippen MR) is 95.7 cm³/mol. The number of carboxylic acids is 1. The van der Waals surface area contributed by atoms with E-state index >= 15 is 0 Å². The number of fused-ring (bicyclic) bond motifs is 1. The Morgan fingerprint density at radius 1 is 1.22 bits per heavy atom. The van der Waals surface area contributed by atoms with E-state index in [-0.39, 0.29) is 29.5 Å². The lowest BCUT2D eigenvalue weighted by molar-refractivity contribution is -0.147. The molecular formula is C18H23NO7S. The van der Waals surface area contributed by atoms with Gasteiger partial charge in [0.1, 0.15) is 0 Å². The van der Waals surface area contributed by atoms with E-state index in [9.17, 15) is 23.1 Å². The largest absolute Gasteiger partial charge is 0.490 e. The molecule has 0 bridgehead atoms. The van der Waals surface area contributed by atoms with Crippen LogP contribution in [0.2, 0.25) is 0 Å². The molecule has 3 rings (SSSR count). The average molecular weight is 397 g/mol. The summed E-state index contributed by atoms with van der Waals surface area (Å²) >= 11 is 0. The summed E-state index contributed by atoms with van der Waals surface area (Å²) in [5.41, 5.74) is -0.969. The van der Waals surface area contributed by atoms with E-state index in [1.807, 2.05) is 0 Å². The Labute approximate surface area is 158 Å². The molecule has 8 nitrogen and oxygen atoms in total. The summed E-state index contributed by atoms with van der Waals surface area (Å²) in [7, 11) is -3.67. The number of sulfone groups is 1. The molecule has 2 aliphatic heterocycles. The maximum absolute atomic E-state index is 12.6. The Bertz CT molecular complexity index is 851. The van der Waals surface area contributed by atoms with Crippen molar-refractivity contribution in [1.29, 1.82) is 0 Å². The van der Waals surface area contributed by atoms with Crippen molar-refractivity contribution in [1.82, 2.24) is 4.90 Å². The first-order chi connectivity index (χ1) is 12.7. The second-order valence-corrected chi connectivity index (χ2v) is 9.27. The minimum Gasteiger partial charge on any atom is -0.490 e. The Hall–Kier alpha value is -2.29. The third-order valence-corrected chi connectivity index (χ3v) is 6.72. The number of hydrogen-bond donors (Lipinski definition) is 1. The highest BCUT2D eigenvalue weighted by Crippen LogP contribution is 2.33. The Balaban J connectivity index is 1.64. The molecule has 1 aromatic rings. The molecule has 0 saturated carbocycles. The molecule has 27 heavy (non-hydrogen) atoms. The van der Waals surface area contributed by atoms with E-state index in [1.54, 1.807) is 13.0 Å². The molecule has 0 aromatic heterocycles. The van der Waals surface area contributed by atoms with Crippen molar-refractivity contribution >= 4 is 21.7 Å². The van der Waals surface area contributed by atoms with Gasteiger partial charge in [0.2, 0.25) is 5.91 Å². The molecule has 1 fully saturated rings. The van der Waals surface area contributed by atoms with Gasteiger partial charge in [-0.1, -0.05) is 0 Å². The molecule has 9 heteroatoms. The first kappa shape index (κ1) is 19.5. The van der Waals surface area contributed by atoms with Crippen molar-refractivity contribution in [3.05, 3.63) is 18.2 Å². The van der Waals surface area contributed by atoms with Crippen LogP contribution < -0.4 is 9.47 Å². The van der Waals surface area contributed by atoms with Crippen LogP contribution in [-0.4, -0.2) is 62.4 Å². The van der Waals surface area contributed by atoms with Gasteiger partial charge in [0, 0.05) is 32.0 Å². The number of carboxylic acid groups (broad SMARTS) is 1. The molecule has 1 amide bonds. The van der Waals surface area contributed by atoms with Gasteiger partial charge in [0.05, 0.1) is 29.3 Å². The fourth-order valence-corrected chi connectivity index (χ4v) is 4.42. The SMILES string of the molecule is CC1(C(=O)O)CCN(C(=O)CCS(=O)(=O)c2ccc3c(c2)OCCCO3)C1. The molecule has 2 aliphatic rings. The summed E-state index contributed by atoms with van der Waals surface area (Å²) in [6, 6.07) is 4.44. The number of rotatable bonds is 5. The first-order valence-electron chi connectivity index (χ1n) is 8.85. The van der Waals surface area contributed by atoms with Gasteiger partial charge in [0.15, 0.2) is 21.3 Å². The smallest absolute Gasteiger partial charge is 0.311 e. The molecule has 148 valence electrons. The van der Waals surface area contributed by atoms with Crippen molar-refractivity contribution in [3.63, 3.8) is 0 Å². The van der Waals surface area contributed by atoms with Crippen LogP contribution in [0.1, 0.15) is 26.2 Å². The minimum absolute atomic E-state index is 0.0800. The van der Waals surface area contributed by atoms with E-state index in [2.05, 4.69) is 0 Å². The van der Waals surface area contributed by atoms with Crippen molar-refractivity contribution < 1.29 is 32.6 Å². The van der Waals surface area contributed by atoms with Crippen molar-refractivity contribution in [2.45, 2.75) is 31.1 Å². The summed E-state index contributed by atoms with van der Waals surface area (Å²) in [5, 5.41) is 9.24. The van der Waals surface area contributed by atoms with Crippen LogP contribution in [0.15, 0.2) is 23.1 Å². The molecule has 1 aromatic carbocycles. The van der Waals surface area contributed by atoms with Crippen LogP contribution in [-0.2, 0) is 19.4 Å². The Morgan fingerprint density at radius 2 is 1.93 bits per heavy atom. The fraction of sp³-hybridized carbons (Fsp3) is 0.556. The standard InChI is InChI=1S/C18H23NO7S/c1-18(17(21)22)6-7-19(12-18)16(20)5-10-27(23,24)13-3-4-14-15(11-13)26-9-2-8-25-14/h3-4,11H,2,5-10,12H2,1H3,(H,21,22). The Kier molecular flexibility index (Phi) is 5.32. The van der Waals surface area contributed by atoms with Crippen LogP contribution in [0, 0.1) is 5.41 Å². The lowest BCUT2D eigenvalue weighted by atomic mass is 9.90. The predicted octanol–water partition coefficient (Wildman–Crippen LogP) is 1.33. The number of carbonyl (C=O) groups excluding carboxylic acids is 1. The van der Waals surface area contributed by atoms with Crippen LogP contribution in [0.5, 0.6) is 11.5 Å². The number of benzene rings is 1. The number of carbonyl (C=O) groups is 2. The maximum atomic E-state index is 12.6. The molecule has 1 saturated heterocycles. The quantitative estimate of drug-likeness (QED) is 0.798. The van der Waals surface area contributed by atoms with E-state index in [0.717, 1.165) is 6.42 Å². The van der Waals surface area contributed by atoms with Crippen LogP contribution in [0.4, 0.5) is 0 Å². The van der Waals surface area contributed by atoms with Crippen LogP contribution >= 0.6 is 0 Å². The lowest BCUT2D eigenvalue weighted by Crippen LogP contribution is -2.35. The number of ether oxygens (including phenoxy) is 2. The van der Waals surface area contributed by atoms with E-state index in [4.69, 9.17) is 9.47 Å². The monoisotopic (exact) mass is 397 g/mol. The van der Waals surface area contributed by atoms with Crippen molar-refractivity contribution in [2.24, 2.45) is 5.41 Å². The minimum atomic E-state index is -3.67. The Morgan fingerprint density at radius 3 is 2.59 bits per heavy atom. The average Bonchev–Trinajstić information content (AvgIpc) is 2.89. The zero-order chi connectivity index (χ0) is 19.7. The number of amides is 1. The van der Waals surface area contributed by atoms with Gasteiger partial charge in [-0.3, -0.25) is 9.59 Å². The zero-order valence-corrected chi connectivity index (χ0v) is 16.0. The number of aliphatic carboxylic acids is 1. The first-order valence-corrected chi connectivity index (χ1v) is 10.5. The van der Waals surface area contributed by atoms with Gasteiger partial charge in [-0.15, -0.1) is 0 Å². The second kappa shape index (κ2) is 7.38. The van der Waals surface area contributed by atoms with Gasteiger partial charge < -0.3 is 19.5 Å². The number of hydrogen-bond acceptors (Lipinski definition) is 6.